The summed E-state index contributed by atoms with van der Waals surface area (Å²) in [5, 5.41) is 13.6. The first kappa shape index (κ1) is 11.3. The first-order valence-corrected chi connectivity index (χ1v) is 6.27. The Kier molecular flexibility index (Phi) is 3.69. The minimum Gasteiger partial charge on any atom is -0.462 e. The Balaban J connectivity index is 2.18. The van der Waals surface area contributed by atoms with E-state index in [1.165, 1.54) is 0 Å². The van der Waals surface area contributed by atoms with Crippen molar-refractivity contribution in [3.63, 3.8) is 0 Å². The van der Waals surface area contributed by atoms with Crippen molar-refractivity contribution in [3.05, 3.63) is 23.4 Å². The molecule has 1 atom stereocenters. The third kappa shape index (κ3) is 2.31. The fourth-order valence-corrected chi connectivity index (χ4v) is 2.50. The van der Waals surface area contributed by atoms with Crippen LogP contribution in [0, 0.1) is 0 Å². The van der Waals surface area contributed by atoms with E-state index in [2.05, 4.69) is 29.4 Å². The molecule has 0 aliphatic heterocycles. The Bertz CT molecular complexity index is 424. The number of furan rings is 1. The molecule has 0 spiro atoms. The van der Waals surface area contributed by atoms with Crippen LogP contribution >= 0.6 is 11.3 Å². The van der Waals surface area contributed by atoms with Crippen LogP contribution in [0.2, 0.25) is 0 Å². The maximum Gasteiger partial charge on any atom is 0.183 e. The quantitative estimate of drug-likeness (QED) is 0.868. The van der Waals surface area contributed by atoms with Crippen LogP contribution in [0.3, 0.4) is 0 Å². The lowest BCUT2D eigenvalue weighted by atomic mass is 10.2. The molecule has 2 aromatic heterocycles. The molecule has 0 aliphatic carbocycles. The van der Waals surface area contributed by atoms with E-state index in [1.54, 1.807) is 17.6 Å². The summed E-state index contributed by atoms with van der Waals surface area (Å²) in [4.78, 5) is 0. The van der Waals surface area contributed by atoms with Crippen LogP contribution in [-0.2, 0) is 0 Å². The van der Waals surface area contributed by atoms with E-state index in [9.17, 15) is 0 Å². The molecule has 0 radical (unpaired) electrons. The molecule has 0 aliphatic rings. The van der Waals surface area contributed by atoms with Gasteiger partial charge in [-0.3, -0.25) is 0 Å². The second-order valence-corrected chi connectivity index (χ2v) is 4.45. The predicted octanol–water partition coefficient (Wildman–Crippen LogP) is 2.86. The van der Waals surface area contributed by atoms with Crippen molar-refractivity contribution in [3.8, 4) is 10.8 Å². The van der Waals surface area contributed by atoms with Gasteiger partial charge >= 0.3 is 0 Å². The molecule has 0 amide bonds. The molecule has 2 rings (SSSR count). The summed E-state index contributed by atoms with van der Waals surface area (Å²) < 4.78 is 5.29. The minimum absolute atomic E-state index is 0.297. The summed E-state index contributed by atoms with van der Waals surface area (Å²) in [6.45, 7) is 5.17. The average molecular weight is 237 g/mol. The Morgan fingerprint density at radius 3 is 2.94 bits per heavy atom. The Morgan fingerprint density at radius 1 is 1.44 bits per heavy atom. The Hall–Kier alpha value is -1.20. The van der Waals surface area contributed by atoms with Gasteiger partial charge in [-0.2, -0.15) is 0 Å². The van der Waals surface area contributed by atoms with Crippen molar-refractivity contribution in [2.45, 2.75) is 26.3 Å². The lowest BCUT2D eigenvalue weighted by molar-refractivity contribution is 0.531. The Labute approximate surface area is 98.7 Å². The first-order chi connectivity index (χ1) is 7.85. The molecule has 0 saturated carbocycles. The SMILES string of the molecule is CCNC(CC)c1nnc(-c2ccco2)s1. The number of nitrogens with zero attached hydrogens (tertiary/aromatic N) is 2. The molecule has 0 saturated heterocycles. The smallest absolute Gasteiger partial charge is 0.183 e. The number of nitrogens with one attached hydrogen (secondary N) is 1. The van der Waals surface area contributed by atoms with E-state index >= 15 is 0 Å². The molecule has 1 unspecified atom stereocenters. The van der Waals surface area contributed by atoms with Gasteiger partial charge in [0.2, 0.25) is 0 Å². The van der Waals surface area contributed by atoms with Gasteiger partial charge in [0.15, 0.2) is 10.8 Å². The molecule has 2 aromatic rings. The third-order valence-corrected chi connectivity index (χ3v) is 3.38. The standard InChI is InChI=1S/C11H15N3OS/c1-3-8(12-4-2)10-13-14-11(16-10)9-6-5-7-15-9/h5-8,12H,3-4H2,1-2H3. The predicted molar refractivity (Wildman–Crippen MR) is 64.3 cm³/mol. The molecular formula is C11H15N3OS. The van der Waals surface area contributed by atoms with E-state index in [0.717, 1.165) is 28.7 Å². The molecular weight excluding hydrogens is 222 g/mol. The molecule has 0 aromatic carbocycles. The van der Waals surface area contributed by atoms with E-state index < -0.39 is 0 Å². The summed E-state index contributed by atoms with van der Waals surface area (Å²) in [5.41, 5.74) is 0. The van der Waals surface area contributed by atoms with Gasteiger partial charge in [-0.25, -0.2) is 0 Å². The lowest BCUT2D eigenvalue weighted by Crippen LogP contribution is -2.19. The summed E-state index contributed by atoms with van der Waals surface area (Å²) in [6.07, 6.45) is 2.67. The summed E-state index contributed by atoms with van der Waals surface area (Å²) in [5.74, 6) is 0.787. The van der Waals surface area contributed by atoms with Gasteiger partial charge in [0.25, 0.3) is 0 Å². The van der Waals surface area contributed by atoms with Crippen molar-refractivity contribution in [2.24, 2.45) is 0 Å². The van der Waals surface area contributed by atoms with Crippen molar-refractivity contribution < 1.29 is 4.42 Å². The van der Waals surface area contributed by atoms with Crippen molar-refractivity contribution >= 4 is 11.3 Å². The monoisotopic (exact) mass is 237 g/mol. The zero-order chi connectivity index (χ0) is 11.4. The van der Waals surface area contributed by atoms with Crippen LogP contribution in [0.15, 0.2) is 22.8 Å². The van der Waals surface area contributed by atoms with Gasteiger partial charge in [0.05, 0.1) is 12.3 Å². The van der Waals surface area contributed by atoms with Crippen molar-refractivity contribution in [1.29, 1.82) is 0 Å². The highest BCUT2D eigenvalue weighted by atomic mass is 32.1. The fraction of sp³-hybridized carbons (Fsp3) is 0.455. The van der Waals surface area contributed by atoms with E-state index in [0.29, 0.717) is 6.04 Å². The minimum atomic E-state index is 0.297. The highest BCUT2D eigenvalue weighted by Gasteiger charge is 2.15. The van der Waals surface area contributed by atoms with Crippen LogP contribution in [0.5, 0.6) is 0 Å². The van der Waals surface area contributed by atoms with Crippen LogP contribution in [0.25, 0.3) is 10.8 Å². The number of hydrogen-bond donors (Lipinski definition) is 1. The third-order valence-electron chi connectivity index (χ3n) is 2.33. The molecule has 0 bridgehead atoms. The molecule has 5 heteroatoms. The zero-order valence-electron chi connectivity index (χ0n) is 9.43. The highest BCUT2D eigenvalue weighted by Crippen LogP contribution is 2.27. The maximum atomic E-state index is 5.29. The van der Waals surface area contributed by atoms with Crippen molar-refractivity contribution in [1.82, 2.24) is 15.5 Å². The number of hydrogen-bond acceptors (Lipinski definition) is 5. The van der Waals surface area contributed by atoms with E-state index in [-0.39, 0.29) is 0 Å². The Morgan fingerprint density at radius 2 is 2.31 bits per heavy atom. The molecule has 0 fully saturated rings. The van der Waals surface area contributed by atoms with Gasteiger partial charge in [-0.15, -0.1) is 10.2 Å². The van der Waals surface area contributed by atoms with E-state index in [1.807, 2.05) is 12.1 Å². The van der Waals surface area contributed by atoms with Crippen LogP contribution < -0.4 is 5.32 Å². The van der Waals surface area contributed by atoms with Gasteiger partial charge in [-0.05, 0) is 25.1 Å². The molecule has 2 heterocycles. The average Bonchev–Trinajstić information content (AvgIpc) is 2.95. The highest BCUT2D eigenvalue weighted by molar-refractivity contribution is 7.14. The lowest BCUT2D eigenvalue weighted by Gasteiger charge is -2.10. The summed E-state index contributed by atoms with van der Waals surface area (Å²) in [6, 6.07) is 4.06. The zero-order valence-corrected chi connectivity index (χ0v) is 10.3. The maximum absolute atomic E-state index is 5.29. The van der Waals surface area contributed by atoms with E-state index in [4.69, 9.17) is 4.42 Å². The van der Waals surface area contributed by atoms with Gasteiger partial charge < -0.3 is 9.73 Å². The molecule has 86 valence electrons. The van der Waals surface area contributed by atoms with Crippen LogP contribution in [-0.4, -0.2) is 16.7 Å². The largest absolute Gasteiger partial charge is 0.462 e. The van der Waals surface area contributed by atoms with Crippen molar-refractivity contribution in [2.75, 3.05) is 6.54 Å². The second kappa shape index (κ2) is 5.23. The summed E-state index contributed by atoms with van der Waals surface area (Å²) in [7, 11) is 0. The first-order valence-electron chi connectivity index (χ1n) is 5.45. The second-order valence-electron chi connectivity index (χ2n) is 3.44. The van der Waals surface area contributed by atoms with Gasteiger partial charge in [-0.1, -0.05) is 25.2 Å². The topological polar surface area (TPSA) is 51.0 Å². The number of rotatable bonds is 5. The summed E-state index contributed by atoms with van der Waals surface area (Å²) >= 11 is 1.58. The number of aromatic nitrogens is 2. The molecule has 1 N–H and O–H groups in total. The molecule has 16 heavy (non-hydrogen) atoms. The van der Waals surface area contributed by atoms with Crippen LogP contribution in [0.1, 0.15) is 31.3 Å². The van der Waals surface area contributed by atoms with Gasteiger partial charge in [0.1, 0.15) is 5.01 Å². The molecule has 4 nitrogen and oxygen atoms in total. The van der Waals surface area contributed by atoms with Crippen LogP contribution in [0.4, 0.5) is 0 Å². The van der Waals surface area contributed by atoms with Gasteiger partial charge in [0, 0.05) is 0 Å². The fourth-order valence-electron chi connectivity index (χ4n) is 1.53. The normalized spacial score (nSPS) is 12.9.